The van der Waals surface area contributed by atoms with Crippen molar-refractivity contribution in [2.24, 2.45) is 35.5 Å². The predicted octanol–water partition coefficient (Wildman–Crippen LogP) is 12.0. The van der Waals surface area contributed by atoms with Crippen LogP contribution in [0.5, 0.6) is 0 Å². The first-order chi connectivity index (χ1) is 23.7. The van der Waals surface area contributed by atoms with Gasteiger partial charge in [-0.1, -0.05) is 91.3 Å². The lowest BCUT2D eigenvalue weighted by Crippen LogP contribution is -2.55. The molecule has 6 saturated carbocycles. The summed E-state index contributed by atoms with van der Waals surface area (Å²) in [7, 11) is 0. The summed E-state index contributed by atoms with van der Waals surface area (Å²) in [6, 6.07) is 45.3. The maximum absolute atomic E-state index is 2.68. The highest BCUT2D eigenvalue weighted by Gasteiger charge is 2.62. The summed E-state index contributed by atoms with van der Waals surface area (Å²) in [5.74, 6) is 5.06. The summed E-state index contributed by atoms with van der Waals surface area (Å²) in [4.78, 5) is 2.63. The molecule has 6 fully saturated rings. The monoisotopic (exact) mass is 621 g/mol. The molecule has 1 heteroatoms. The van der Waals surface area contributed by atoms with E-state index < -0.39 is 0 Å². The van der Waals surface area contributed by atoms with Crippen LogP contribution in [0.25, 0.3) is 22.3 Å². The zero-order valence-electron chi connectivity index (χ0n) is 27.7. The summed E-state index contributed by atoms with van der Waals surface area (Å²) < 4.78 is 0. The third-order valence-corrected chi connectivity index (χ3v) is 15.1. The van der Waals surface area contributed by atoms with E-state index in [1.807, 2.05) is 0 Å². The van der Waals surface area contributed by atoms with Gasteiger partial charge in [-0.15, -0.1) is 0 Å². The molecule has 8 aliphatic carbocycles. The minimum absolute atomic E-state index is 0.163. The normalized spacial score (nSPS) is 33.7. The highest BCUT2D eigenvalue weighted by atomic mass is 15.1. The standard InChI is InChI=1S/C47H43N/c1-2-9-35(10-3-1)48(44-16-8-15-42-45(44)39-12-5-6-13-40(39)46(42)28-29-17-18-32(46)22-29)36-19-20-38-37-11-4-7-14-41(37)47(43(38)27-36)33-23-30-21-31(25-33)26-34(47)24-30/h1-16,19-20,27,29-34H,17-18,21-26,28H2/t29-,30-,31?,32+,33-,34+,46-,47+/m0/s1. The maximum Gasteiger partial charge on any atom is 0.0543 e. The van der Waals surface area contributed by atoms with E-state index in [1.54, 1.807) is 22.3 Å². The molecule has 13 rings (SSSR count). The second kappa shape index (κ2) is 9.32. The van der Waals surface area contributed by atoms with E-state index in [-0.39, 0.29) is 10.8 Å². The predicted molar refractivity (Wildman–Crippen MR) is 196 cm³/mol. The lowest BCUT2D eigenvalue weighted by Gasteiger charge is -2.61. The lowest BCUT2D eigenvalue weighted by atomic mass is 9.43. The summed E-state index contributed by atoms with van der Waals surface area (Å²) in [5, 5.41) is 0. The van der Waals surface area contributed by atoms with Crippen molar-refractivity contribution in [2.75, 3.05) is 4.90 Å². The zero-order valence-corrected chi connectivity index (χ0v) is 27.7. The molecule has 0 aromatic heterocycles. The van der Waals surface area contributed by atoms with Crippen molar-refractivity contribution in [1.29, 1.82) is 0 Å². The van der Waals surface area contributed by atoms with E-state index >= 15 is 0 Å². The Balaban J connectivity index is 1.10. The molecule has 48 heavy (non-hydrogen) atoms. The Morgan fingerprint density at radius 2 is 1.12 bits per heavy atom. The third kappa shape index (κ3) is 3.16. The quantitative estimate of drug-likeness (QED) is 0.194. The zero-order chi connectivity index (χ0) is 31.2. The van der Waals surface area contributed by atoms with Gasteiger partial charge in [0.05, 0.1) is 5.69 Å². The van der Waals surface area contributed by atoms with E-state index in [4.69, 9.17) is 0 Å². The summed E-state index contributed by atoms with van der Waals surface area (Å²) >= 11 is 0. The summed E-state index contributed by atoms with van der Waals surface area (Å²) in [5.41, 5.74) is 16.7. The highest BCUT2D eigenvalue weighted by Crippen LogP contribution is 2.70. The minimum atomic E-state index is 0.163. The molecular formula is C47H43N. The molecule has 0 radical (unpaired) electrons. The number of hydrogen-bond donors (Lipinski definition) is 0. The molecule has 0 amide bonds. The van der Waals surface area contributed by atoms with Crippen LogP contribution >= 0.6 is 0 Å². The van der Waals surface area contributed by atoms with E-state index in [9.17, 15) is 0 Å². The van der Waals surface area contributed by atoms with Crippen molar-refractivity contribution < 1.29 is 0 Å². The van der Waals surface area contributed by atoms with Crippen molar-refractivity contribution >= 4 is 17.1 Å². The second-order valence-electron chi connectivity index (χ2n) is 16.9. The molecule has 8 aliphatic rings. The van der Waals surface area contributed by atoms with Crippen LogP contribution in [0.4, 0.5) is 17.1 Å². The van der Waals surface area contributed by atoms with Crippen LogP contribution in [0.15, 0.2) is 115 Å². The van der Waals surface area contributed by atoms with Crippen LogP contribution in [0.1, 0.15) is 80.0 Å². The van der Waals surface area contributed by atoms with E-state index in [1.165, 1.54) is 97.1 Å². The topological polar surface area (TPSA) is 3.24 Å². The van der Waals surface area contributed by atoms with Gasteiger partial charge in [0.2, 0.25) is 0 Å². The fraction of sp³-hybridized carbons (Fsp3) is 0.362. The Hall–Kier alpha value is -4.10. The molecule has 0 aliphatic heterocycles. The fourth-order valence-electron chi connectivity index (χ4n) is 13.9. The van der Waals surface area contributed by atoms with Crippen molar-refractivity contribution in [3.8, 4) is 22.3 Å². The summed E-state index contributed by atoms with van der Waals surface area (Å²) in [6.45, 7) is 0. The Morgan fingerprint density at radius 1 is 0.458 bits per heavy atom. The van der Waals surface area contributed by atoms with Gasteiger partial charge in [0.25, 0.3) is 0 Å². The van der Waals surface area contributed by atoms with Gasteiger partial charge in [0.1, 0.15) is 0 Å². The Morgan fingerprint density at radius 3 is 1.88 bits per heavy atom. The molecule has 3 atom stereocenters. The van der Waals surface area contributed by atoms with Gasteiger partial charge in [0, 0.05) is 27.8 Å². The Bertz CT molecular complexity index is 2110. The van der Waals surface area contributed by atoms with Crippen LogP contribution in [-0.2, 0) is 10.8 Å². The van der Waals surface area contributed by atoms with Gasteiger partial charge >= 0.3 is 0 Å². The number of anilines is 3. The van der Waals surface area contributed by atoms with Crippen LogP contribution in [0, 0.1) is 35.5 Å². The fourth-order valence-corrected chi connectivity index (χ4v) is 13.9. The molecule has 2 spiro atoms. The Labute approximate surface area is 285 Å². The number of rotatable bonds is 3. The molecule has 6 bridgehead atoms. The van der Waals surface area contributed by atoms with E-state index in [2.05, 4.69) is 120 Å². The van der Waals surface area contributed by atoms with E-state index in [0.717, 1.165) is 35.5 Å². The molecule has 1 nitrogen and oxygen atoms in total. The van der Waals surface area contributed by atoms with Gasteiger partial charge in [-0.2, -0.15) is 0 Å². The molecule has 236 valence electrons. The smallest absolute Gasteiger partial charge is 0.0543 e. The lowest BCUT2D eigenvalue weighted by molar-refractivity contribution is -0.0399. The number of fused-ring (bicyclic) bond motifs is 11. The average Bonchev–Trinajstić information content (AvgIpc) is 3.88. The molecule has 0 heterocycles. The number of hydrogen-bond acceptors (Lipinski definition) is 1. The minimum Gasteiger partial charge on any atom is -0.310 e. The van der Waals surface area contributed by atoms with E-state index in [0.29, 0.717) is 0 Å². The first-order valence-corrected chi connectivity index (χ1v) is 19.1. The molecular weight excluding hydrogens is 579 g/mol. The molecule has 0 N–H and O–H groups in total. The number of nitrogens with zero attached hydrogens (tertiary/aromatic N) is 1. The van der Waals surface area contributed by atoms with Crippen molar-refractivity contribution in [1.82, 2.24) is 0 Å². The number of benzene rings is 5. The van der Waals surface area contributed by atoms with Gasteiger partial charge < -0.3 is 4.90 Å². The van der Waals surface area contributed by atoms with Crippen LogP contribution < -0.4 is 4.90 Å². The molecule has 5 aromatic rings. The highest BCUT2D eigenvalue weighted by molar-refractivity contribution is 5.96. The first kappa shape index (κ1) is 26.8. The van der Waals surface area contributed by atoms with Crippen LogP contribution in [0.3, 0.4) is 0 Å². The third-order valence-electron chi connectivity index (χ3n) is 15.1. The average molecular weight is 622 g/mol. The Kier molecular flexibility index (Phi) is 5.20. The maximum atomic E-state index is 2.68. The summed E-state index contributed by atoms with van der Waals surface area (Å²) in [6.07, 6.45) is 12.7. The van der Waals surface area contributed by atoms with Gasteiger partial charge in [-0.25, -0.2) is 0 Å². The van der Waals surface area contributed by atoms with Gasteiger partial charge in [-0.3, -0.25) is 0 Å². The molecule has 0 saturated heterocycles. The SMILES string of the molecule is c1ccc(N(c2ccc3c(c2)[C@]2(c4ccccc4-3)[C@@H]3CC4C[C@@H](C3)C[C@@H]2C4)c2cccc3c2-c2ccccc2[C@@]32C[C@H]3CC[C@@H]2C3)cc1. The van der Waals surface area contributed by atoms with Crippen molar-refractivity contribution in [3.05, 3.63) is 138 Å². The van der Waals surface area contributed by atoms with Gasteiger partial charge in [0.15, 0.2) is 0 Å². The van der Waals surface area contributed by atoms with Crippen LogP contribution in [-0.4, -0.2) is 0 Å². The first-order valence-electron chi connectivity index (χ1n) is 19.1. The molecule has 0 unspecified atom stereocenters. The van der Waals surface area contributed by atoms with Crippen molar-refractivity contribution in [2.45, 2.75) is 68.6 Å². The van der Waals surface area contributed by atoms with Crippen molar-refractivity contribution in [3.63, 3.8) is 0 Å². The largest absolute Gasteiger partial charge is 0.310 e. The number of para-hydroxylation sites is 1. The van der Waals surface area contributed by atoms with Gasteiger partial charge in [-0.05, 0) is 156 Å². The molecule has 5 aromatic carbocycles. The van der Waals surface area contributed by atoms with Crippen LogP contribution in [0.2, 0.25) is 0 Å². The second-order valence-corrected chi connectivity index (χ2v) is 16.9.